The van der Waals surface area contributed by atoms with Crippen molar-refractivity contribution in [3.05, 3.63) is 70.8 Å². The van der Waals surface area contributed by atoms with E-state index in [1.165, 1.54) is 0 Å². The van der Waals surface area contributed by atoms with Gasteiger partial charge >= 0.3 is 5.97 Å². The fourth-order valence-electron chi connectivity index (χ4n) is 2.97. The number of benzene rings is 2. The molecule has 26 heavy (non-hydrogen) atoms. The number of hydrogen-bond donors (Lipinski definition) is 0. The second-order valence-corrected chi connectivity index (χ2v) is 5.80. The highest BCUT2D eigenvalue weighted by Crippen LogP contribution is 2.32. The van der Waals surface area contributed by atoms with Gasteiger partial charge in [-0.15, -0.1) is 0 Å². The maximum Gasteiger partial charge on any atom is 0.321 e. The normalized spacial score (nSPS) is 17.8. The SMILES string of the molecule is CCOC(=O)[C@H]1C(=O)c2ccccc2C(=O)/C1=C\c1ccc(OC)cc1. The van der Waals surface area contributed by atoms with Gasteiger partial charge in [0.05, 0.1) is 13.7 Å². The Bertz CT molecular complexity index is 893. The van der Waals surface area contributed by atoms with Crippen molar-refractivity contribution in [2.24, 2.45) is 5.92 Å². The van der Waals surface area contributed by atoms with Crippen LogP contribution in [0, 0.1) is 5.92 Å². The van der Waals surface area contributed by atoms with Crippen molar-refractivity contribution < 1.29 is 23.9 Å². The van der Waals surface area contributed by atoms with Crippen LogP contribution in [0.2, 0.25) is 0 Å². The highest BCUT2D eigenvalue weighted by atomic mass is 16.5. The van der Waals surface area contributed by atoms with Crippen LogP contribution in [0.25, 0.3) is 6.08 Å². The zero-order chi connectivity index (χ0) is 18.7. The van der Waals surface area contributed by atoms with Gasteiger partial charge in [-0.05, 0) is 30.7 Å². The predicted octanol–water partition coefficient (Wildman–Crippen LogP) is 3.34. The van der Waals surface area contributed by atoms with Crippen LogP contribution in [-0.2, 0) is 9.53 Å². The first kappa shape index (κ1) is 17.6. The van der Waals surface area contributed by atoms with Crippen molar-refractivity contribution >= 4 is 23.6 Å². The van der Waals surface area contributed by atoms with E-state index >= 15 is 0 Å². The van der Waals surface area contributed by atoms with E-state index in [4.69, 9.17) is 9.47 Å². The van der Waals surface area contributed by atoms with Crippen LogP contribution in [0.5, 0.6) is 5.75 Å². The molecule has 3 rings (SSSR count). The second-order valence-electron chi connectivity index (χ2n) is 5.80. The monoisotopic (exact) mass is 350 g/mol. The van der Waals surface area contributed by atoms with Gasteiger partial charge in [-0.25, -0.2) is 0 Å². The van der Waals surface area contributed by atoms with Crippen molar-refractivity contribution in [3.8, 4) is 5.75 Å². The molecular formula is C21H18O5. The molecule has 0 spiro atoms. The molecule has 0 radical (unpaired) electrons. The molecule has 0 unspecified atom stereocenters. The molecule has 0 fully saturated rings. The van der Waals surface area contributed by atoms with E-state index < -0.39 is 17.7 Å². The van der Waals surface area contributed by atoms with Gasteiger partial charge in [0.1, 0.15) is 11.7 Å². The molecule has 5 nitrogen and oxygen atoms in total. The number of fused-ring (bicyclic) bond motifs is 1. The van der Waals surface area contributed by atoms with Crippen LogP contribution in [0.3, 0.4) is 0 Å². The van der Waals surface area contributed by atoms with Gasteiger partial charge in [0, 0.05) is 16.7 Å². The summed E-state index contributed by atoms with van der Waals surface area (Å²) < 4.78 is 10.2. The molecule has 0 saturated carbocycles. The first-order valence-corrected chi connectivity index (χ1v) is 8.27. The number of hydrogen-bond acceptors (Lipinski definition) is 5. The standard InChI is InChI=1S/C21H18O5/c1-3-26-21(24)18-17(12-13-8-10-14(25-2)11-9-13)19(22)15-6-4-5-7-16(15)20(18)23/h4-12,18H,3H2,1-2H3/b17-12-/t18-/m1/s1. The number of methoxy groups -OCH3 is 1. The minimum atomic E-state index is -1.25. The minimum absolute atomic E-state index is 0.123. The first-order valence-electron chi connectivity index (χ1n) is 8.27. The number of esters is 1. The molecule has 0 aliphatic heterocycles. The molecule has 0 heterocycles. The molecule has 1 aliphatic rings. The summed E-state index contributed by atoms with van der Waals surface area (Å²) in [5.74, 6) is -2.04. The minimum Gasteiger partial charge on any atom is -0.497 e. The molecule has 5 heteroatoms. The lowest BCUT2D eigenvalue weighted by Crippen LogP contribution is -2.36. The maximum absolute atomic E-state index is 13.0. The van der Waals surface area contributed by atoms with E-state index in [0.29, 0.717) is 16.9 Å². The zero-order valence-corrected chi connectivity index (χ0v) is 14.5. The zero-order valence-electron chi connectivity index (χ0n) is 14.5. The number of ether oxygens (including phenoxy) is 2. The lowest BCUT2D eigenvalue weighted by molar-refractivity contribution is -0.144. The highest BCUT2D eigenvalue weighted by molar-refractivity contribution is 6.29. The van der Waals surface area contributed by atoms with Crippen LogP contribution < -0.4 is 4.74 Å². The van der Waals surface area contributed by atoms with Gasteiger partial charge in [0.2, 0.25) is 0 Å². The van der Waals surface area contributed by atoms with Gasteiger partial charge in [0.25, 0.3) is 0 Å². The van der Waals surface area contributed by atoms with Gasteiger partial charge in [0.15, 0.2) is 11.6 Å². The van der Waals surface area contributed by atoms with Crippen molar-refractivity contribution in [3.63, 3.8) is 0 Å². The van der Waals surface area contributed by atoms with Crippen molar-refractivity contribution in [1.82, 2.24) is 0 Å². The lowest BCUT2D eigenvalue weighted by atomic mass is 9.77. The van der Waals surface area contributed by atoms with E-state index in [1.807, 2.05) is 0 Å². The molecule has 0 bridgehead atoms. The summed E-state index contributed by atoms with van der Waals surface area (Å²) in [7, 11) is 1.56. The maximum atomic E-state index is 13.0. The second kappa shape index (κ2) is 7.35. The molecule has 1 aliphatic carbocycles. The highest BCUT2D eigenvalue weighted by Gasteiger charge is 2.42. The Hall–Kier alpha value is -3.21. The molecular weight excluding hydrogens is 332 g/mol. The average Bonchev–Trinajstić information content (AvgIpc) is 2.66. The van der Waals surface area contributed by atoms with Crippen molar-refractivity contribution in [2.75, 3.05) is 13.7 Å². The summed E-state index contributed by atoms with van der Waals surface area (Å²) in [5, 5.41) is 0. The Balaban J connectivity index is 2.12. The predicted molar refractivity (Wildman–Crippen MR) is 96.2 cm³/mol. The van der Waals surface area contributed by atoms with E-state index in [-0.39, 0.29) is 23.5 Å². The summed E-state index contributed by atoms with van der Waals surface area (Å²) in [4.78, 5) is 38.2. The smallest absolute Gasteiger partial charge is 0.321 e. The summed E-state index contributed by atoms with van der Waals surface area (Å²) in [6.07, 6.45) is 1.57. The van der Waals surface area contributed by atoms with Crippen LogP contribution in [-0.4, -0.2) is 31.3 Å². The van der Waals surface area contributed by atoms with Crippen LogP contribution >= 0.6 is 0 Å². The summed E-state index contributed by atoms with van der Waals surface area (Å²) in [6, 6.07) is 13.5. The molecule has 0 N–H and O–H groups in total. The van der Waals surface area contributed by atoms with E-state index in [0.717, 1.165) is 0 Å². The third-order valence-electron chi connectivity index (χ3n) is 4.23. The van der Waals surface area contributed by atoms with Crippen LogP contribution in [0.15, 0.2) is 54.1 Å². The van der Waals surface area contributed by atoms with Gasteiger partial charge in [-0.1, -0.05) is 36.4 Å². The van der Waals surface area contributed by atoms with Gasteiger partial charge in [-0.2, -0.15) is 0 Å². The fraction of sp³-hybridized carbons (Fsp3) is 0.190. The molecule has 0 amide bonds. The van der Waals surface area contributed by atoms with E-state index in [2.05, 4.69) is 0 Å². The Labute approximate surface area is 151 Å². The van der Waals surface area contributed by atoms with Gasteiger partial charge in [-0.3, -0.25) is 14.4 Å². The van der Waals surface area contributed by atoms with Crippen LogP contribution in [0.4, 0.5) is 0 Å². The Morgan fingerprint density at radius 2 is 1.69 bits per heavy atom. The Morgan fingerprint density at radius 3 is 2.31 bits per heavy atom. The van der Waals surface area contributed by atoms with E-state index in [9.17, 15) is 14.4 Å². The average molecular weight is 350 g/mol. The van der Waals surface area contributed by atoms with Crippen LogP contribution in [0.1, 0.15) is 33.2 Å². The Morgan fingerprint density at radius 1 is 1.04 bits per heavy atom. The fourth-order valence-corrected chi connectivity index (χ4v) is 2.97. The summed E-state index contributed by atoms with van der Waals surface area (Å²) in [6.45, 7) is 1.79. The lowest BCUT2D eigenvalue weighted by Gasteiger charge is -2.24. The molecule has 0 aromatic heterocycles. The first-order chi connectivity index (χ1) is 12.6. The molecule has 2 aromatic carbocycles. The van der Waals surface area contributed by atoms with E-state index in [1.54, 1.807) is 68.6 Å². The Kier molecular flexibility index (Phi) is 4.98. The topological polar surface area (TPSA) is 69.7 Å². The molecule has 0 saturated heterocycles. The summed E-state index contributed by atoms with van der Waals surface area (Å²) in [5.41, 5.74) is 1.37. The number of Topliss-reactive ketones (excluding diaryl/α,β-unsaturated/α-hetero) is 2. The van der Waals surface area contributed by atoms with Gasteiger partial charge < -0.3 is 9.47 Å². The quantitative estimate of drug-likeness (QED) is 0.480. The molecule has 132 valence electrons. The summed E-state index contributed by atoms with van der Waals surface area (Å²) >= 11 is 0. The number of carbonyl (C=O) groups is 3. The molecule has 2 aromatic rings. The van der Waals surface area contributed by atoms with Crippen molar-refractivity contribution in [1.29, 1.82) is 0 Å². The largest absolute Gasteiger partial charge is 0.497 e. The third-order valence-corrected chi connectivity index (χ3v) is 4.23. The number of rotatable bonds is 4. The number of carbonyl (C=O) groups excluding carboxylic acids is 3. The number of ketones is 2. The molecule has 1 atom stereocenters. The third kappa shape index (κ3) is 3.16. The van der Waals surface area contributed by atoms with Crippen molar-refractivity contribution in [2.45, 2.75) is 6.92 Å².